The van der Waals surface area contributed by atoms with E-state index in [2.05, 4.69) is 10.1 Å². The first-order valence-electron chi connectivity index (χ1n) is 6.80. The number of hydrogen-bond acceptors (Lipinski definition) is 5. The van der Waals surface area contributed by atoms with Crippen LogP contribution in [0.1, 0.15) is 55.5 Å². The minimum absolute atomic E-state index is 0.237. The lowest BCUT2D eigenvalue weighted by molar-refractivity contribution is -0.122. The summed E-state index contributed by atoms with van der Waals surface area (Å²) in [4.78, 5) is 16.4. The quantitative estimate of drug-likeness (QED) is 0.838. The molecule has 1 saturated carbocycles. The zero-order valence-corrected chi connectivity index (χ0v) is 11.2. The summed E-state index contributed by atoms with van der Waals surface area (Å²) in [6, 6.07) is 0. The normalized spacial score (nSPS) is 24.8. The van der Waals surface area contributed by atoms with E-state index in [0.29, 0.717) is 17.6 Å². The fourth-order valence-electron chi connectivity index (χ4n) is 2.79. The molecule has 0 aromatic carbocycles. The number of ketones is 1. The second-order valence-corrected chi connectivity index (χ2v) is 6.48. The molecular weight excluding hydrogens is 248 g/mol. The molecule has 0 N–H and O–H groups in total. The summed E-state index contributed by atoms with van der Waals surface area (Å²) in [7, 11) is 0. The van der Waals surface area contributed by atoms with Crippen molar-refractivity contribution in [2.45, 2.75) is 50.2 Å². The van der Waals surface area contributed by atoms with Crippen molar-refractivity contribution in [3.63, 3.8) is 0 Å². The molecular formula is C13H18N2O2S. The van der Waals surface area contributed by atoms with Gasteiger partial charge in [0.25, 0.3) is 0 Å². The van der Waals surface area contributed by atoms with Crippen molar-refractivity contribution >= 4 is 17.5 Å². The molecule has 4 nitrogen and oxygen atoms in total. The Labute approximate surface area is 111 Å². The zero-order chi connectivity index (χ0) is 12.4. The van der Waals surface area contributed by atoms with Crippen molar-refractivity contribution in [3.8, 4) is 0 Å². The van der Waals surface area contributed by atoms with Crippen molar-refractivity contribution in [2.75, 3.05) is 5.75 Å². The van der Waals surface area contributed by atoms with Gasteiger partial charge in [-0.1, -0.05) is 18.0 Å². The third kappa shape index (κ3) is 2.60. The molecule has 2 aliphatic rings. The van der Waals surface area contributed by atoms with E-state index in [0.717, 1.165) is 25.1 Å². The molecule has 5 heteroatoms. The predicted molar refractivity (Wildman–Crippen MR) is 69.4 cm³/mol. The van der Waals surface area contributed by atoms with Gasteiger partial charge in [-0.05, 0) is 31.4 Å². The fraction of sp³-hybridized carbons (Fsp3) is 0.769. The van der Waals surface area contributed by atoms with Crippen LogP contribution in [0.3, 0.4) is 0 Å². The van der Waals surface area contributed by atoms with Crippen LogP contribution in [0.15, 0.2) is 4.52 Å². The first-order valence-corrected chi connectivity index (χ1v) is 7.84. The van der Waals surface area contributed by atoms with Crippen LogP contribution < -0.4 is 0 Å². The van der Waals surface area contributed by atoms with E-state index in [1.165, 1.54) is 25.0 Å². The minimum atomic E-state index is 0.237. The molecule has 1 aliphatic carbocycles. The SMILES string of the molecule is O=C(Cc1nc(C2CCCS2)no1)C1CCCC1. The summed E-state index contributed by atoms with van der Waals surface area (Å²) in [5.74, 6) is 2.99. The number of carbonyl (C=O) groups excluding carboxylic acids is 1. The van der Waals surface area contributed by atoms with E-state index in [-0.39, 0.29) is 11.7 Å². The van der Waals surface area contributed by atoms with E-state index in [1.807, 2.05) is 11.8 Å². The van der Waals surface area contributed by atoms with E-state index in [4.69, 9.17) is 4.52 Å². The maximum atomic E-state index is 12.0. The number of Topliss-reactive ketones (excluding diaryl/α,β-unsaturated/α-hetero) is 1. The molecule has 0 bridgehead atoms. The summed E-state index contributed by atoms with van der Waals surface area (Å²) in [6.45, 7) is 0. The summed E-state index contributed by atoms with van der Waals surface area (Å²) in [6.07, 6.45) is 7.13. The molecule has 0 amide bonds. The molecule has 2 fully saturated rings. The summed E-state index contributed by atoms with van der Waals surface area (Å²) in [5, 5.41) is 4.40. The molecule has 0 radical (unpaired) electrons. The average Bonchev–Trinajstić information content (AvgIpc) is 3.12. The number of thioether (sulfide) groups is 1. The second-order valence-electron chi connectivity index (χ2n) is 5.17. The zero-order valence-electron chi connectivity index (χ0n) is 10.4. The topological polar surface area (TPSA) is 56.0 Å². The molecule has 0 spiro atoms. The Morgan fingerprint density at radius 3 is 2.83 bits per heavy atom. The molecule has 98 valence electrons. The first kappa shape index (κ1) is 12.2. The lowest BCUT2D eigenvalue weighted by atomic mass is 10.0. The molecule has 1 saturated heterocycles. The van der Waals surface area contributed by atoms with Crippen LogP contribution >= 0.6 is 11.8 Å². The Hall–Kier alpha value is -0.840. The van der Waals surface area contributed by atoms with Gasteiger partial charge >= 0.3 is 0 Å². The summed E-state index contributed by atoms with van der Waals surface area (Å²) < 4.78 is 5.21. The number of nitrogens with zero attached hydrogens (tertiary/aromatic N) is 2. The van der Waals surface area contributed by atoms with E-state index in [1.54, 1.807) is 0 Å². The second kappa shape index (κ2) is 5.43. The van der Waals surface area contributed by atoms with Gasteiger partial charge in [0.1, 0.15) is 5.78 Å². The van der Waals surface area contributed by atoms with Gasteiger partial charge in [-0.2, -0.15) is 16.7 Å². The van der Waals surface area contributed by atoms with Crippen molar-refractivity contribution in [2.24, 2.45) is 5.92 Å². The highest BCUT2D eigenvalue weighted by Crippen LogP contribution is 2.38. The standard InChI is InChI=1S/C13H18N2O2S/c16-10(9-4-1-2-5-9)8-12-14-13(15-17-12)11-6-3-7-18-11/h9,11H,1-8H2. The third-order valence-electron chi connectivity index (χ3n) is 3.84. The molecule has 3 rings (SSSR count). The highest BCUT2D eigenvalue weighted by atomic mass is 32.2. The van der Waals surface area contributed by atoms with Crippen molar-refractivity contribution in [1.82, 2.24) is 10.1 Å². The highest BCUT2D eigenvalue weighted by molar-refractivity contribution is 7.99. The van der Waals surface area contributed by atoms with Crippen LogP contribution in [0.25, 0.3) is 0 Å². The van der Waals surface area contributed by atoms with E-state index < -0.39 is 0 Å². The van der Waals surface area contributed by atoms with Gasteiger partial charge in [0.2, 0.25) is 5.89 Å². The van der Waals surface area contributed by atoms with Crippen LogP contribution in [0.2, 0.25) is 0 Å². The smallest absolute Gasteiger partial charge is 0.234 e. The van der Waals surface area contributed by atoms with Crippen molar-refractivity contribution < 1.29 is 9.32 Å². The van der Waals surface area contributed by atoms with Gasteiger partial charge in [-0.3, -0.25) is 4.79 Å². The molecule has 1 unspecified atom stereocenters. The third-order valence-corrected chi connectivity index (χ3v) is 5.21. The summed E-state index contributed by atoms with van der Waals surface area (Å²) in [5.41, 5.74) is 0. The number of hydrogen-bond donors (Lipinski definition) is 0. The molecule has 1 atom stereocenters. The Balaban J connectivity index is 1.60. The first-order chi connectivity index (χ1) is 8.83. The van der Waals surface area contributed by atoms with Gasteiger partial charge < -0.3 is 4.52 Å². The van der Waals surface area contributed by atoms with Gasteiger partial charge in [0.15, 0.2) is 5.82 Å². The van der Waals surface area contributed by atoms with Crippen LogP contribution in [0, 0.1) is 5.92 Å². The van der Waals surface area contributed by atoms with Gasteiger partial charge in [-0.15, -0.1) is 0 Å². The molecule has 1 aromatic heterocycles. The van der Waals surface area contributed by atoms with Crippen molar-refractivity contribution in [3.05, 3.63) is 11.7 Å². The van der Waals surface area contributed by atoms with E-state index in [9.17, 15) is 4.79 Å². The van der Waals surface area contributed by atoms with E-state index >= 15 is 0 Å². The molecule has 1 aromatic rings. The fourth-order valence-corrected chi connectivity index (χ4v) is 3.99. The maximum Gasteiger partial charge on any atom is 0.234 e. The monoisotopic (exact) mass is 266 g/mol. The number of rotatable bonds is 4. The van der Waals surface area contributed by atoms with Crippen LogP contribution in [-0.2, 0) is 11.2 Å². The minimum Gasteiger partial charge on any atom is -0.339 e. The van der Waals surface area contributed by atoms with Gasteiger partial charge in [0.05, 0.1) is 11.7 Å². The average molecular weight is 266 g/mol. The lowest BCUT2D eigenvalue weighted by Gasteiger charge is -2.04. The Morgan fingerprint density at radius 2 is 2.11 bits per heavy atom. The number of carbonyl (C=O) groups is 1. The Morgan fingerprint density at radius 1 is 1.28 bits per heavy atom. The van der Waals surface area contributed by atoms with Gasteiger partial charge in [0, 0.05) is 5.92 Å². The van der Waals surface area contributed by atoms with Crippen LogP contribution in [0.5, 0.6) is 0 Å². The van der Waals surface area contributed by atoms with Crippen LogP contribution in [-0.4, -0.2) is 21.7 Å². The largest absolute Gasteiger partial charge is 0.339 e. The Kier molecular flexibility index (Phi) is 3.68. The highest BCUT2D eigenvalue weighted by Gasteiger charge is 2.26. The molecule has 1 aliphatic heterocycles. The Bertz CT molecular complexity index is 420. The summed E-state index contributed by atoms with van der Waals surface area (Å²) >= 11 is 1.88. The predicted octanol–water partition coefficient (Wildman–Crippen LogP) is 2.94. The van der Waals surface area contributed by atoms with Crippen molar-refractivity contribution in [1.29, 1.82) is 0 Å². The lowest BCUT2D eigenvalue weighted by Crippen LogP contribution is -2.13. The number of aromatic nitrogens is 2. The molecule has 18 heavy (non-hydrogen) atoms. The maximum absolute atomic E-state index is 12.0. The van der Waals surface area contributed by atoms with Crippen LogP contribution in [0.4, 0.5) is 0 Å². The van der Waals surface area contributed by atoms with Gasteiger partial charge in [-0.25, -0.2) is 0 Å². The molecule has 2 heterocycles.